The Morgan fingerprint density at radius 2 is 0.958 bits per heavy atom. The number of halogens is 5. The quantitative estimate of drug-likeness (QED) is 0.0589. The van der Waals surface area contributed by atoms with Crippen LogP contribution in [0.15, 0.2) is 60.7 Å². The maximum absolute atomic E-state index is 14.9. The van der Waals surface area contributed by atoms with Crippen molar-refractivity contribution in [1.82, 2.24) is 10.2 Å². The molecule has 0 heterocycles. The van der Waals surface area contributed by atoms with Crippen LogP contribution < -0.4 is 14.7 Å². The fourth-order valence-electron chi connectivity index (χ4n) is 4.13. The van der Waals surface area contributed by atoms with E-state index < -0.39 is 77.4 Å². The lowest BCUT2D eigenvalue weighted by molar-refractivity contribution is -0.148. The number of carbonyl (C=O) groups is 2. The third-order valence-corrected chi connectivity index (χ3v) is 8.21. The zero-order valence-corrected chi connectivity index (χ0v) is 28.4. The number of hydrogen-bond donors (Lipinski definition) is 2. The standard InChI is InChI=1S/C34H40F5N2O6P/c1-33(2,3)19-45-31(42)23(17-21-13-9-7-10-14-21)40-48(44,47-30-28(38)26(36)25(35)27(37)29(30)39)41-24(18-22-15-11-8-12-16-22)32(43)46-20-34(4,5)6/h7-16,23-24H,17-20H2,1-6H3,(H2,40,41,44)/t23-,24-/m0/s1. The fourth-order valence-corrected chi connectivity index (χ4v) is 5.94. The molecular weight excluding hydrogens is 658 g/mol. The number of carbonyl (C=O) groups excluding carboxylic acids is 2. The van der Waals surface area contributed by atoms with E-state index in [0.29, 0.717) is 11.1 Å². The van der Waals surface area contributed by atoms with Gasteiger partial charge in [0.2, 0.25) is 34.8 Å². The smallest absolute Gasteiger partial charge is 0.392 e. The van der Waals surface area contributed by atoms with E-state index in [1.165, 1.54) is 0 Å². The Balaban J connectivity index is 2.14. The van der Waals surface area contributed by atoms with Crippen LogP contribution in [-0.2, 0) is 36.5 Å². The Morgan fingerprint density at radius 1 is 0.625 bits per heavy atom. The molecule has 8 nitrogen and oxygen atoms in total. The molecule has 3 aromatic carbocycles. The van der Waals surface area contributed by atoms with Gasteiger partial charge in [0.15, 0.2) is 0 Å². The number of benzene rings is 3. The number of ether oxygens (including phenoxy) is 2. The van der Waals surface area contributed by atoms with Gasteiger partial charge in [0.1, 0.15) is 12.1 Å². The maximum atomic E-state index is 14.9. The highest BCUT2D eigenvalue weighted by molar-refractivity contribution is 7.55. The third-order valence-electron chi connectivity index (χ3n) is 6.47. The van der Waals surface area contributed by atoms with Gasteiger partial charge in [-0.15, -0.1) is 0 Å². The molecule has 0 aliphatic heterocycles. The molecule has 2 N–H and O–H groups in total. The van der Waals surface area contributed by atoms with Gasteiger partial charge in [-0.3, -0.25) is 9.59 Å². The Hall–Kier alpha value is -3.80. The van der Waals surface area contributed by atoms with Crippen molar-refractivity contribution in [2.75, 3.05) is 13.2 Å². The van der Waals surface area contributed by atoms with Gasteiger partial charge in [-0.05, 0) is 34.8 Å². The highest BCUT2D eigenvalue weighted by atomic mass is 31.2. The van der Waals surface area contributed by atoms with Gasteiger partial charge in [-0.25, -0.2) is 27.9 Å². The van der Waals surface area contributed by atoms with Gasteiger partial charge >= 0.3 is 19.6 Å². The van der Waals surface area contributed by atoms with Crippen molar-refractivity contribution in [1.29, 1.82) is 0 Å². The van der Waals surface area contributed by atoms with Crippen molar-refractivity contribution in [2.45, 2.75) is 66.5 Å². The van der Waals surface area contributed by atoms with Gasteiger partial charge in [-0.2, -0.15) is 8.78 Å². The number of hydrogen-bond acceptors (Lipinski definition) is 6. The van der Waals surface area contributed by atoms with E-state index >= 15 is 0 Å². The van der Waals surface area contributed by atoms with Gasteiger partial charge in [0.05, 0.1) is 13.2 Å². The minimum Gasteiger partial charge on any atom is -0.464 e. The molecule has 0 bridgehead atoms. The van der Waals surface area contributed by atoms with E-state index in [1.807, 2.05) is 0 Å². The van der Waals surface area contributed by atoms with E-state index in [-0.39, 0.29) is 26.1 Å². The summed E-state index contributed by atoms with van der Waals surface area (Å²) in [5, 5.41) is 4.77. The molecule has 0 aliphatic rings. The van der Waals surface area contributed by atoms with E-state index in [1.54, 1.807) is 102 Å². The molecule has 0 aromatic heterocycles. The second-order valence-corrected chi connectivity index (χ2v) is 15.4. The first-order valence-electron chi connectivity index (χ1n) is 15.1. The minimum absolute atomic E-state index is 0.0925. The van der Waals surface area contributed by atoms with Gasteiger partial charge in [0.25, 0.3) is 0 Å². The van der Waals surface area contributed by atoms with E-state index in [9.17, 15) is 36.1 Å². The second kappa shape index (κ2) is 16.1. The monoisotopic (exact) mass is 698 g/mol. The molecule has 0 spiro atoms. The van der Waals surface area contributed by atoms with E-state index in [4.69, 9.17) is 14.0 Å². The zero-order valence-electron chi connectivity index (χ0n) is 27.5. The summed E-state index contributed by atoms with van der Waals surface area (Å²) >= 11 is 0. The molecule has 0 saturated heterocycles. The summed E-state index contributed by atoms with van der Waals surface area (Å²) in [4.78, 5) is 26.9. The first-order chi connectivity index (χ1) is 22.3. The molecule has 0 unspecified atom stereocenters. The highest BCUT2D eigenvalue weighted by Crippen LogP contribution is 2.44. The van der Waals surface area contributed by atoms with E-state index in [0.717, 1.165) is 0 Å². The van der Waals surface area contributed by atoms with Crippen LogP contribution in [0.1, 0.15) is 52.7 Å². The predicted molar refractivity (Wildman–Crippen MR) is 169 cm³/mol. The average molecular weight is 699 g/mol. The Bertz CT molecular complexity index is 1500. The maximum Gasteiger partial charge on any atom is 0.392 e. The molecule has 0 fully saturated rings. The molecule has 3 rings (SSSR count). The minimum atomic E-state index is -5.21. The summed E-state index contributed by atoms with van der Waals surface area (Å²) < 4.78 is 103. The fraction of sp³-hybridized carbons (Fsp3) is 0.412. The first kappa shape index (κ1) is 38.6. The number of nitrogens with one attached hydrogen (secondary N) is 2. The Kier molecular flexibility index (Phi) is 12.9. The summed E-state index contributed by atoms with van der Waals surface area (Å²) in [6.07, 6.45) is -0.429. The Labute approximate surface area is 276 Å². The van der Waals surface area contributed by atoms with Crippen molar-refractivity contribution >= 4 is 19.6 Å². The van der Waals surface area contributed by atoms with Crippen LogP contribution in [0.4, 0.5) is 22.0 Å². The Morgan fingerprint density at radius 3 is 1.29 bits per heavy atom. The molecule has 14 heteroatoms. The van der Waals surface area contributed by atoms with Crippen LogP contribution in [0, 0.1) is 39.9 Å². The summed E-state index contributed by atoms with van der Waals surface area (Å²) in [7, 11) is -5.21. The van der Waals surface area contributed by atoms with Crippen molar-refractivity contribution in [3.8, 4) is 5.75 Å². The topological polar surface area (TPSA) is 103 Å². The average Bonchev–Trinajstić information content (AvgIpc) is 3.02. The van der Waals surface area contributed by atoms with Crippen molar-refractivity contribution in [3.05, 3.63) is 101 Å². The molecular formula is C34H40F5N2O6P. The second-order valence-electron chi connectivity index (χ2n) is 13.6. The van der Waals surface area contributed by atoms with Crippen molar-refractivity contribution < 1.29 is 50.1 Å². The summed E-state index contributed by atoms with van der Waals surface area (Å²) in [5.74, 6) is -15.8. The summed E-state index contributed by atoms with van der Waals surface area (Å²) in [5.41, 5.74) is 0.0448. The third kappa shape index (κ3) is 11.4. The molecule has 3 aromatic rings. The zero-order chi connectivity index (χ0) is 35.9. The molecule has 0 amide bonds. The van der Waals surface area contributed by atoms with Crippen LogP contribution in [0.2, 0.25) is 0 Å². The van der Waals surface area contributed by atoms with Crippen LogP contribution in [0.5, 0.6) is 5.75 Å². The number of rotatable bonds is 14. The molecule has 0 aliphatic carbocycles. The SMILES string of the molecule is CC(C)(C)COC(=O)[C@H](Cc1ccccc1)NP(=O)(N[C@@H](Cc1ccccc1)C(=O)OCC(C)(C)C)Oc1c(F)c(F)c(F)c(F)c1F. The van der Waals surface area contributed by atoms with Gasteiger partial charge < -0.3 is 14.0 Å². The van der Waals surface area contributed by atoms with Crippen LogP contribution in [0.25, 0.3) is 0 Å². The summed E-state index contributed by atoms with van der Waals surface area (Å²) in [6, 6.07) is 13.5. The number of esters is 2. The molecule has 262 valence electrons. The van der Waals surface area contributed by atoms with Gasteiger partial charge in [0, 0.05) is 0 Å². The van der Waals surface area contributed by atoms with Crippen LogP contribution in [0.3, 0.4) is 0 Å². The first-order valence-corrected chi connectivity index (χ1v) is 16.7. The normalized spacial score (nSPS) is 13.5. The lowest BCUT2D eigenvalue weighted by atomic mass is 9.98. The molecule has 0 saturated carbocycles. The van der Waals surface area contributed by atoms with Crippen molar-refractivity contribution in [2.24, 2.45) is 10.8 Å². The van der Waals surface area contributed by atoms with Crippen LogP contribution >= 0.6 is 7.67 Å². The lowest BCUT2D eigenvalue weighted by Gasteiger charge is -2.30. The van der Waals surface area contributed by atoms with Gasteiger partial charge in [-0.1, -0.05) is 102 Å². The largest absolute Gasteiger partial charge is 0.464 e. The summed E-state index contributed by atoms with van der Waals surface area (Å²) in [6.45, 7) is 10.5. The molecule has 0 radical (unpaired) electrons. The molecule has 48 heavy (non-hydrogen) atoms. The lowest BCUT2D eigenvalue weighted by Crippen LogP contribution is -2.47. The van der Waals surface area contributed by atoms with Crippen LogP contribution in [-0.4, -0.2) is 37.2 Å². The van der Waals surface area contributed by atoms with E-state index in [2.05, 4.69) is 10.2 Å². The van der Waals surface area contributed by atoms with Crippen molar-refractivity contribution in [3.63, 3.8) is 0 Å². The molecule has 2 atom stereocenters. The predicted octanol–water partition coefficient (Wildman–Crippen LogP) is 7.45. The highest BCUT2D eigenvalue weighted by Gasteiger charge is 2.41.